The summed E-state index contributed by atoms with van der Waals surface area (Å²) in [5, 5.41) is 10.3. The molecule has 1 aromatic rings. The van der Waals surface area contributed by atoms with Crippen LogP contribution in [0.25, 0.3) is 0 Å². The third-order valence-electron chi connectivity index (χ3n) is 2.29. The Morgan fingerprint density at radius 3 is 2.75 bits per heavy atom. The lowest BCUT2D eigenvalue weighted by molar-refractivity contribution is 0.151. The Kier molecular flexibility index (Phi) is 1.63. The van der Waals surface area contributed by atoms with Crippen LogP contribution in [0.2, 0.25) is 5.02 Å². The van der Waals surface area contributed by atoms with Crippen molar-refractivity contribution in [2.75, 3.05) is 0 Å². The van der Waals surface area contributed by atoms with Gasteiger partial charge < -0.3 is 5.11 Å². The second-order valence-corrected chi connectivity index (χ2v) is 3.73. The Balaban J connectivity index is 2.41. The van der Waals surface area contributed by atoms with Gasteiger partial charge in [0.1, 0.15) is 0 Å². The van der Waals surface area contributed by atoms with Crippen LogP contribution in [0.4, 0.5) is 0 Å². The summed E-state index contributed by atoms with van der Waals surface area (Å²) < 4.78 is 0. The normalized spacial score (nSPS) is 19.2. The predicted molar refractivity (Wildman–Crippen MR) is 47.1 cm³/mol. The zero-order valence-corrected chi connectivity index (χ0v) is 7.60. The van der Waals surface area contributed by atoms with Crippen LogP contribution in [-0.4, -0.2) is 10.1 Å². The van der Waals surface area contributed by atoms with Crippen LogP contribution >= 0.6 is 11.6 Å². The van der Waals surface area contributed by atoms with Gasteiger partial charge in [-0.2, -0.15) is 0 Å². The number of aryl methyl sites for hydroxylation is 1. The summed E-state index contributed by atoms with van der Waals surface area (Å²) in [7, 11) is 0. The van der Waals surface area contributed by atoms with Gasteiger partial charge in [0, 0.05) is 11.8 Å². The van der Waals surface area contributed by atoms with Crippen molar-refractivity contribution in [1.29, 1.82) is 0 Å². The zero-order chi connectivity index (χ0) is 8.77. The molecule has 2 nitrogen and oxygen atoms in total. The van der Waals surface area contributed by atoms with Gasteiger partial charge in [0.2, 0.25) is 0 Å². The predicted octanol–water partition coefficient (Wildman–Crippen LogP) is 2.02. The lowest BCUT2D eigenvalue weighted by Gasteiger charge is -2.07. The highest BCUT2D eigenvalue weighted by molar-refractivity contribution is 6.31. The van der Waals surface area contributed by atoms with Crippen molar-refractivity contribution >= 4 is 11.6 Å². The van der Waals surface area contributed by atoms with Crippen molar-refractivity contribution in [2.24, 2.45) is 0 Å². The van der Waals surface area contributed by atoms with E-state index in [1.54, 1.807) is 12.3 Å². The van der Waals surface area contributed by atoms with Crippen LogP contribution in [-0.2, 0) is 5.60 Å². The van der Waals surface area contributed by atoms with Gasteiger partial charge in [0.15, 0.2) is 0 Å². The first-order chi connectivity index (χ1) is 5.62. The van der Waals surface area contributed by atoms with E-state index in [4.69, 9.17) is 11.6 Å². The third-order valence-corrected chi connectivity index (χ3v) is 2.67. The Bertz CT molecular complexity index is 320. The quantitative estimate of drug-likeness (QED) is 0.723. The minimum atomic E-state index is -0.621. The van der Waals surface area contributed by atoms with Crippen molar-refractivity contribution in [1.82, 2.24) is 4.98 Å². The van der Waals surface area contributed by atoms with Gasteiger partial charge >= 0.3 is 0 Å². The summed E-state index contributed by atoms with van der Waals surface area (Å²) in [6.07, 6.45) is 3.36. The summed E-state index contributed by atoms with van der Waals surface area (Å²) in [6.45, 7) is 1.85. The van der Waals surface area contributed by atoms with Crippen LogP contribution in [0.15, 0.2) is 12.3 Å². The van der Waals surface area contributed by atoms with Crippen molar-refractivity contribution in [3.63, 3.8) is 0 Å². The van der Waals surface area contributed by atoms with Gasteiger partial charge in [0.25, 0.3) is 0 Å². The molecule has 0 atom stereocenters. The fourth-order valence-corrected chi connectivity index (χ4v) is 1.33. The summed E-state index contributed by atoms with van der Waals surface area (Å²) in [4.78, 5) is 4.09. The van der Waals surface area contributed by atoms with Gasteiger partial charge in [0.05, 0.1) is 16.3 Å². The van der Waals surface area contributed by atoms with Gasteiger partial charge in [-0.3, -0.25) is 4.98 Å². The number of hydrogen-bond acceptors (Lipinski definition) is 2. The van der Waals surface area contributed by atoms with Gasteiger partial charge in [-0.15, -0.1) is 0 Å². The van der Waals surface area contributed by atoms with E-state index in [0.29, 0.717) is 5.02 Å². The molecule has 1 aliphatic rings. The van der Waals surface area contributed by atoms with Gasteiger partial charge in [-0.05, 0) is 25.8 Å². The number of nitrogens with zero attached hydrogens (tertiary/aromatic N) is 1. The molecule has 2 rings (SSSR count). The van der Waals surface area contributed by atoms with Crippen molar-refractivity contribution < 1.29 is 5.11 Å². The Hall–Kier alpha value is -0.600. The molecular formula is C9H10ClNO. The maximum atomic E-state index is 9.72. The molecule has 1 aliphatic carbocycles. The van der Waals surface area contributed by atoms with Crippen LogP contribution in [0, 0.1) is 6.92 Å². The summed E-state index contributed by atoms with van der Waals surface area (Å²) in [6, 6.07) is 1.80. The fraction of sp³-hybridized carbons (Fsp3) is 0.444. The number of aromatic nitrogens is 1. The topological polar surface area (TPSA) is 33.1 Å². The molecular weight excluding hydrogens is 174 g/mol. The van der Waals surface area contributed by atoms with Crippen LogP contribution in [0.3, 0.4) is 0 Å². The number of pyridine rings is 1. The van der Waals surface area contributed by atoms with Crippen molar-refractivity contribution in [3.8, 4) is 0 Å². The Morgan fingerprint density at radius 1 is 1.58 bits per heavy atom. The molecule has 0 spiro atoms. The highest BCUT2D eigenvalue weighted by Gasteiger charge is 2.42. The van der Waals surface area contributed by atoms with E-state index in [1.165, 1.54) is 0 Å². The van der Waals surface area contributed by atoms with E-state index >= 15 is 0 Å². The maximum absolute atomic E-state index is 9.72. The average molecular weight is 184 g/mol. The number of rotatable bonds is 1. The Labute approximate surface area is 76.2 Å². The van der Waals surface area contributed by atoms with Crippen LogP contribution < -0.4 is 0 Å². The molecule has 64 valence electrons. The molecule has 0 radical (unpaired) electrons. The molecule has 0 unspecified atom stereocenters. The van der Waals surface area contributed by atoms with E-state index in [2.05, 4.69) is 4.98 Å². The minimum Gasteiger partial charge on any atom is -0.385 e. The monoisotopic (exact) mass is 183 g/mol. The second kappa shape index (κ2) is 2.44. The molecule has 1 N–H and O–H groups in total. The Morgan fingerprint density at radius 2 is 2.25 bits per heavy atom. The smallest absolute Gasteiger partial charge is 0.0914 e. The maximum Gasteiger partial charge on any atom is 0.0914 e. The molecule has 12 heavy (non-hydrogen) atoms. The number of halogens is 1. The van der Waals surface area contributed by atoms with Crippen LogP contribution in [0.1, 0.15) is 24.1 Å². The van der Waals surface area contributed by atoms with E-state index in [0.717, 1.165) is 24.1 Å². The summed E-state index contributed by atoms with van der Waals surface area (Å²) >= 11 is 5.87. The molecule has 1 heterocycles. The van der Waals surface area contributed by atoms with E-state index in [9.17, 15) is 5.11 Å². The fourth-order valence-electron chi connectivity index (χ4n) is 1.17. The van der Waals surface area contributed by atoms with E-state index in [-0.39, 0.29) is 0 Å². The first kappa shape index (κ1) is 8.02. The first-order valence-electron chi connectivity index (χ1n) is 3.97. The molecule has 3 heteroatoms. The summed E-state index contributed by atoms with van der Waals surface area (Å²) in [5.41, 5.74) is 1.03. The van der Waals surface area contributed by atoms with Gasteiger partial charge in [-0.1, -0.05) is 11.6 Å². The van der Waals surface area contributed by atoms with Crippen molar-refractivity contribution in [3.05, 3.63) is 28.5 Å². The molecule has 1 fully saturated rings. The molecule has 1 aromatic heterocycles. The SMILES string of the molecule is Cc1ncc(C2(O)CC2)cc1Cl. The number of aliphatic hydroxyl groups is 1. The molecule has 0 saturated heterocycles. The molecule has 1 saturated carbocycles. The average Bonchev–Trinajstić information content (AvgIpc) is 2.75. The molecule has 0 aromatic carbocycles. The molecule has 0 bridgehead atoms. The summed E-state index contributed by atoms with van der Waals surface area (Å²) in [5.74, 6) is 0. The first-order valence-corrected chi connectivity index (χ1v) is 4.35. The number of hydrogen-bond donors (Lipinski definition) is 1. The molecule has 0 amide bonds. The standard InChI is InChI=1S/C9H10ClNO/c1-6-8(10)4-7(5-11-6)9(12)2-3-9/h4-5,12H,2-3H2,1H3. The third kappa shape index (κ3) is 1.21. The lowest BCUT2D eigenvalue weighted by Crippen LogP contribution is -2.04. The molecule has 0 aliphatic heterocycles. The largest absolute Gasteiger partial charge is 0.385 e. The van der Waals surface area contributed by atoms with Crippen molar-refractivity contribution in [2.45, 2.75) is 25.4 Å². The van der Waals surface area contributed by atoms with E-state index in [1.807, 2.05) is 6.92 Å². The lowest BCUT2D eigenvalue weighted by atomic mass is 10.1. The van der Waals surface area contributed by atoms with Crippen LogP contribution in [0.5, 0.6) is 0 Å². The highest BCUT2D eigenvalue weighted by Crippen LogP contribution is 2.45. The highest BCUT2D eigenvalue weighted by atomic mass is 35.5. The zero-order valence-electron chi connectivity index (χ0n) is 6.84. The second-order valence-electron chi connectivity index (χ2n) is 3.32. The van der Waals surface area contributed by atoms with Gasteiger partial charge in [-0.25, -0.2) is 0 Å². The van der Waals surface area contributed by atoms with E-state index < -0.39 is 5.60 Å². The minimum absolute atomic E-state index is 0.621.